The van der Waals surface area contributed by atoms with Gasteiger partial charge in [-0.1, -0.05) is 0 Å². The fraction of sp³-hybridized carbons (Fsp3) is 0.125. The van der Waals surface area contributed by atoms with E-state index in [1.54, 1.807) is 6.08 Å². The van der Waals surface area contributed by atoms with Crippen LogP contribution in [0, 0.1) is 6.58 Å². The van der Waals surface area contributed by atoms with E-state index in [2.05, 4.69) is 6.58 Å². The average molecular weight is 289 g/mol. The monoisotopic (exact) mass is 289 g/mol. The molecule has 0 nitrogen and oxygen atoms in total. The summed E-state index contributed by atoms with van der Waals surface area (Å²) in [7, 11) is 0. The first-order valence-electron chi connectivity index (χ1n) is 2.65. The van der Waals surface area contributed by atoms with Gasteiger partial charge in [-0.25, -0.2) is 0 Å². The second kappa shape index (κ2) is 5.91. The molecule has 0 radical (unpaired) electrons. The van der Waals surface area contributed by atoms with E-state index in [0.717, 1.165) is 12.0 Å². The molecule has 0 aromatic heterocycles. The third kappa shape index (κ3) is 5.65. The van der Waals surface area contributed by atoms with Crippen molar-refractivity contribution in [3.8, 4) is 0 Å². The van der Waals surface area contributed by atoms with Crippen LogP contribution in [-0.2, 0) is 19.4 Å². The molecular formula is C8H9W-. The Morgan fingerprint density at radius 2 is 2.33 bits per heavy atom. The van der Waals surface area contributed by atoms with Crippen molar-refractivity contribution in [1.82, 2.24) is 0 Å². The summed E-state index contributed by atoms with van der Waals surface area (Å²) in [6.07, 6.45) is 6.42. The summed E-state index contributed by atoms with van der Waals surface area (Å²) in [5.41, 5.74) is 0.863. The first kappa shape index (κ1) is 8.78. The molecule has 0 aliphatic rings. The van der Waals surface area contributed by atoms with E-state index in [-0.39, 0.29) is 0 Å². The van der Waals surface area contributed by atoms with E-state index in [4.69, 9.17) is 6.58 Å². The van der Waals surface area contributed by atoms with Crippen molar-refractivity contribution in [1.29, 1.82) is 0 Å². The molecule has 0 spiro atoms. The molecular weight excluding hydrogens is 280 g/mol. The standard InChI is InChI=1S/C8H9.W/c1-4-6-8(3)7-5-2;/h1,3-6H,2,7H2;/q-1;/b6-4-;. The van der Waals surface area contributed by atoms with Crippen molar-refractivity contribution in [2.45, 2.75) is 6.42 Å². The fourth-order valence-corrected chi connectivity index (χ4v) is 0.680. The summed E-state index contributed by atoms with van der Waals surface area (Å²) in [4.78, 5) is 0. The molecule has 0 aromatic rings. The molecule has 0 atom stereocenters. The molecule has 0 aliphatic heterocycles. The molecule has 0 fully saturated rings. The first-order chi connectivity index (χ1) is 4.31. The summed E-state index contributed by atoms with van der Waals surface area (Å²) in [6, 6.07) is 0. The third-order valence-electron chi connectivity index (χ3n) is 0.769. The Bertz CT molecular complexity index is 143. The summed E-state index contributed by atoms with van der Waals surface area (Å²) in [5, 5.41) is 0. The molecule has 48 valence electrons. The Morgan fingerprint density at radius 3 is 2.78 bits per heavy atom. The van der Waals surface area contributed by atoms with E-state index >= 15 is 0 Å². The van der Waals surface area contributed by atoms with Crippen molar-refractivity contribution in [3.63, 3.8) is 0 Å². The molecule has 1 heteroatoms. The second-order valence-corrected chi connectivity index (χ2v) is 2.54. The van der Waals surface area contributed by atoms with Gasteiger partial charge in [-0.05, 0) is 0 Å². The molecule has 0 heterocycles. The van der Waals surface area contributed by atoms with Gasteiger partial charge >= 0.3 is 67.1 Å². The zero-order valence-corrected chi connectivity index (χ0v) is 8.14. The SMILES string of the molecule is [CH-]=C(/C=C\[CH]=[W])CC=C. The summed E-state index contributed by atoms with van der Waals surface area (Å²) in [5.74, 6) is 0. The molecule has 0 rings (SSSR count). The van der Waals surface area contributed by atoms with E-state index in [1.165, 1.54) is 19.4 Å². The second-order valence-electron chi connectivity index (χ2n) is 1.56. The Morgan fingerprint density at radius 1 is 1.67 bits per heavy atom. The molecule has 0 bridgehead atoms. The number of allylic oxidation sites excluding steroid dienone is 4. The van der Waals surface area contributed by atoms with Gasteiger partial charge in [0.2, 0.25) is 0 Å². The number of rotatable bonds is 4. The Labute approximate surface area is 67.4 Å². The van der Waals surface area contributed by atoms with E-state index in [9.17, 15) is 0 Å². The van der Waals surface area contributed by atoms with Gasteiger partial charge in [0, 0.05) is 0 Å². The van der Waals surface area contributed by atoms with Crippen molar-refractivity contribution in [2.75, 3.05) is 0 Å². The quantitative estimate of drug-likeness (QED) is 0.421. The molecule has 0 N–H and O–H groups in total. The fourth-order valence-electron chi connectivity index (χ4n) is 0.398. The number of hydrogen-bond donors (Lipinski definition) is 0. The Hall–Kier alpha value is -0.222. The van der Waals surface area contributed by atoms with Crippen LogP contribution in [-0.4, -0.2) is 4.40 Å². The molecule has 0 amide bonds. The van der Waals surface area contributed by atoms with Crippen LogP contribution in [0.3, 0.4) is 0 Å². The number of hydrogen-bond acceptors (Lipinski definition) is 0. The maximum absolute atomic E-state index is 5.52. The van der Waals surface area contributed by atoms with Crippen LogP contribution in [0.4, 0.5) is 0 Å². The van der Waals surface area contributed by atoms with Gasteiger partial charge in [0.05, 0.1) is 0 Å². The van der Waals surface area contributed by atoms with Crippen LogP contribution in [0.15, 0.2) is 30.4 Å². The first-order valence-corrected chi connectivity index (χ1v) is 4.34. The van der Waals surface area contributed by atoms with Gasteiger partial charge in [0.25, 0.3) is 0 Å². The van der Waals surface area contributed by atoms with Crippen LogP contribution in [0.25, 0.3) is 0 Å². The normalized spacial score (nSPS) is 9.33. The van der Waals surface area contributed by atoms with Gasteiger partial charge in [0.15, 0.2) is 0 Å². The third-order valence-corrected chi connectivity index (χ3v) is 1.33. The van der Waals surface area contributed by atoms with E-state index in [1.807, 2.05) is 16.6 Å². The van der Waals surface area contributed by atoms with Crippen molar-refractivity contribution >= 4 is 4.40 Å². The van der Waals surface area contributed by atoms with Crippen LogP contribution < -0.4 is 0 Å². The van der Waals surface area contributed by atoms with Gasteiger partial charge in [-0.2, -0.15) is 0 Å². The summed E-state index contributed by atoms with van der Waals surface area (Å²) >= 11 is 1.44. The predicted octanol–water partition coefficient (Wildman–Crippen LogP) is 1.83. The average Bonchev–Trinajstić information content (AvgIpc) is 1.85. The molecule has 0 saturated heterocycles. The van der Waals surface area contributed by atoms with Gasteiger partial charge in [-0.3, -0.25) is 0 Å². The minimum atomic E-state index is 0.777. The van der Waals surface area contributed by atoms with Crippen molar-refractivity contribution in [3.05, 3.63) is 37.0 Å². The summed E-state index contributed by atoms with van der Waals surface area (Å²) in [6.45, 7) is 9.09. The predicted molar refractivity (Wildman–Crippen MR) is 37.8 cm³/mol. The van der Waals surface area contributed by atoms with Gasteiger partial charge in [-0.15, -0.1) is 0 Å². The van der Waals surface area contributed by atoms with Crippen molar-refractivity contribution in [2.24, 2.45) is 0 Å². The zero-order chi connectivity index (χ0) is 7.11. The molecule has 9 heavy (non-hydrogen) atoms. The Kier molecular flexibility index (Phi) is 5.76. The zero-order valence-electron chi connectivity index (χ0n) is 5.21. The molecule has 0 unspecified atom stereocenters. The van der Waals surface area contributed by atoms with Crippen molar-refractivity contribution < 1.29 is 19.4 Å². The van der Waals surface area contributed by atoms with Crippen LogP contribution >= 0.6 is 0 Å². The molecule has 0 aromatic carbocycles. The molecule has 0 aliphatic carbocycles. The van der Waals surface area contributed by atoms with Gasteiger partial charge < -0.3 is 0 Å². The maximum atomic E-state index is 5.52. The van der Waals surface area contributed by atoms with Gasteiger partial charge in [0.1, 0.15) is 0 Å². The van der Waals surface area contributed by atoms with Crippen LogP contribution in [0.5, 0.6) is 0 Å². The van der Waals surface area contributed by atoms with E-state index in [0.29, 0.717) is 0 Å². The Balaban J connectivity index is 3.61. The summed E-state index contributed by atoms with van der Waals surface area (Å²) < 4.78 is 2.02. The molecule has 0 saturated carbocycles. The van der Waals surface area contributed by atoms with Crippen LogP contribution in [0.2, 0.25) is 0 Å². The van der Waals surface area contributed by atoms with E-state index < -0.39 is 0 Å². The minimum absolute atomic E-state index is 0.777. The van der Waals surface area contributed by atoms with Crippen LogP contribution in [0.1, 0.15) is 6.42 Å². The topological polar surface area (TPSA) is 0 Å².